The van der Waals surface area contributed by atoms with Crippen molar-refractivity contribution in [3.05, 3.63) is 36.0 Å². The van der Waals surface area contributed by atoms with Crippen LogP contribution in [0.4, 0.5) is 5.69 Å². The van der Waals surface area contributed by atoms with Crippen molar-refractivity contribution in [3.63, 3.8) is 0 Å². The lowest BCUT2D eigenvalue weighted by Gasteiger charge is -2.29. The normalized spacial score (nSPS) is 16.2. The lowest BCUT2D eigenvalue weighted by Crippen LogP contribution is -2.42. The third-order valence-electron chi connectivity index (χ3n) is 3.07. The van der Waals surface area contributed by atoms with Crippen LogP contribution in [0.3, 0.4) is 0 Å². The number of ether oxygens (including phenoxy) is 4. The number of hydrogen-bond acceptors (Lipinski definition) is 7. The summed E-state index contributed by atoms with van der Waals surface area (Å²) in [5.41, 5.74) is 0.394. The molecule has 1 N–H and O–H groups in total. The second-order valence-electron chi connectivity index (χ2n) is 5.42. The van der Waals surface area contributed by atoms with Crippen molar-refractivity contribution in [1.82, 2.24) is 0 Å². The first-order chi connectivity index (χ1) is 11.4. The van der Waals surface area contributed by atoms with E-state index in [1.165, 1.54) is 20.0 Å². The van der Waals surface area contributed by atoms with Crippen LogP contribution in [-0.2, 0) is 23.8 Å². The SMILES string of the molecule is CCOCCOc1ccccc1NC=C1C(=O)OC(C)(C)OC1=O. The van der Waals surface area contributed by atoms with Crippen molar-refractivity contribution < 1.29 is 28.5 Å². The molecule has 0 aliphatic carbocycles. The smallest absolute Gasteiger partial charge is 0.350 e. The van der Waals surface area contributed by atoms with Gasteiger partial charge in [0.1, 0.15) is 12.4 Å². The summed E-state index contributed by atoms with van der Waals surface area (Å²) in [5, 5.41) is 2.88. The monoisotopic (exact) mass is 335 g/mol. The van der Waals surface area contributed by atoms with E-state index in [2.05, 4.69) is 5.32 Å². The first-order valence-electron chi connectivity index (χ1n) is 7.66. The molecule has 1 aromatic rings. The van der Waals surface area contributed by atoms with Gasteiger partial charge in [0.2, 0.25) is 0 Å². The number of hydrogen-bond donors (Lipinski definition) is 1. The molecular formula is C17H21NO6. The van der Waals surface area contributed by atoms with E-state index in [9.17, 15) is 9.59 Å². The maximum atomic E-state index is 11.9. The summed E-state index contributed by atoms with van der Waals surface area (Å²) in [6.45, 7) is 6.38. The van der Waals surface area contributed by atoms with E-state index in [0.717, 1.165) is 0 Å². The maximum absolute atomic E-state index is 11.9. The van der Waals surface area contributed by atoms with Crippen molar-refractivity contribution in [3.8, 4) is 5.75 Å². The molecule has 0 saturated carbocycles. The summed E-state index contributed by atoms with van der Waals surface area (Å²) in [7, 11) is 0. The van der Waals surface area contributed by atoms with E-state index in [1.807, 2.05) is 13.0 Å². The minimum atomic E-state index is -1.26. The minimum Gasteiger partial charge on any atom is -0.489 e. The molecule has 130 valence electrons. The molecule has 1 aliphatic rings. The number of benzene rings is 1. The molecule has 1 aromatic carbocycles. The molecule has 1 saturated heterocycles. The van der Waals surface area contributed by atoms with Gasteiger partial charge in [-0.05, 0) is 19.1 Å². The highest BCUT2D eigenvalue weighted by Gasteiger charge is 2.38. The molecule has 0 amide bonds. The highest BCUT2D eigenvalue weighted by molar-refractivity contribution is 6.15. The van der Waals surface area contributed by atoms with Crippen molar-refractivity contribution in [2.45, 2.75) is 26.6 Å². The van der Waals surface area contributed by atoms with Crippen molar-refractivity contribution in [2.24, 2.45) is 0 Å². The van der Waals surface area contributed by atoms with Gasteiger partial charge in [-0.25, -0.2) is 9.59 Å². The topological polar surface area (TPSA) is 83.1 Å². The summed E-state index contributed by atoms with van der Waals surface area (Å²) in [5.74, 6) is -2.16. The Morgan fingerprint density at radius 2 is 1.79 bits per heavy atom. The number of anilines is 1. The lowest BCUT2D eigenvalue weighted by molar-refractivity contribution is -0.222. The number of cyclic esters (lactones) is 2. The van der Waals surface area contributed by atoms with Crippen LogP contribution >= 0.6 is 0 Å². The molecule has 0 bridgehead atoms. The highest BCUT2D eigenvalue weighted by atomic mass is 16.7. The Hall–Kier alpha value is -2.54. The summed E-state index contributed by atoms with van der Waals surface area (Å²) in [6.07, 6.45) is 1.25. The van der Waals surface area contributed by atoms with Crippen molar-refractivity contribution in [2.75, 3.05) is 25.1 Å². The fraction of sp³-hybridized carbons (Fsp3) is 0.412. The van der Waals surface area contributed by atoms with E-state index in [0.29, 0.717) is 31.3 Å². The predicted molar refractivity (Wildman–Crippen MR) is 86.4 cm³/mol. The molecule has 1 heterocycles. The highest BCUT2D eigenvalue weighted by Crippen LogP contribution is 2.26. The summed E-state index contributed by atoms with van der Waals surface area (Å²) in [6, 6.07) is 7.15. The molecule has 2 rings (SSSR count). The van der Waals surface area contributed by atoms with E-state index < -0.39 is 17.7 Å². The first kappa shape index (κ1) is 17.8. The number of nitrogens with one attached hydrogen (secondary N) is 1. The van der Waals surface area contributed by atoms with Gasteiger partial charge in [-0.1, -0.05) is 12.1 Å². The fourth-order valence-electron chi connectivity index (χ4n) is 2.00. The van der Waals surface area contributed by atoms with Crippen LogP contribution in [-0.4, -0.2) is 37.5 Å². The third-order valence-corrected chi connectivity index (χ3v) is 3.07. The molecule has 0 spiro atoms. The second kappa shape index (κ2) is 7.83. The van der Waals surface area contributed by atoms with E-state index >= 15 is 0 Å². The predicted octanol–water partition coefficient (Wildman–Crippen LogP) is 2.23. The fourth-order valence-corrected chi connectivity index (χ4v) is 2.00. The van der Waals surface area contributed by atoms with Gasteiger partial charge in [-0.3, -0.25) is 0 Å². The largest absolute Gasteiger partial charge is 0.489 e. The molecule has 7 nitrogen and oxygen atoms in total. The zero-order valence-corrected chi connectivity index (χ0v) is 14.0. The second-order valence-corrected chi connectivity index (χ2v) is 5.42. The number of esters is 2. The van der Waals surface area contributed by atoms with Gasteiger partial charge in [-0.2, -0.15) is 0 Å². The van der Waals surface area contributed by atoms with Gasteiger partial charge in [0.25, 0.3) is 5.79 Å². The van der Waals surface area contributed by atoms with Crippen LogP contribution in [0.1, 0.15) is 20.8 Å². The molecule has 1 aliphatic heterocycles. The van der Waals surface area contributed by atoms with Crippen LogP contribution in [0.25, 0.3) is 0 Å². The van der Waals surface area contributed by atoms with Gasteiger partial charge in [0.05, 0.1) is 12.3 Å². The Morgan fingerprint density at radius 1 is 1.12 bits per heavy atom. The molecule has 0 atom stereocenters. The Labute approximate surface area is 140 Å². The standard InChI is InChI=1S/C17H21NO6/c1-4-21-9-10-22-14-8-6-5-7-13(14)18-11-12-15(19)23-17(2,3)24-16(12)20/h5-8,11,18H,4,9-10H2,1-3H3. The van der Waals surface area contributed by atoms with Crippen LogP contribution in [0.5, 0.6) is 5.75 Å². The van der Waals surface area contributed by atoms with Crippen LogP contribution in [0.2, 0.25) is 0 Å². The third kappa shape index (κ3) is 4.73. The molecule has 7 heteroatoms. The summed E-state index contributed by atoms with van der Waals surface area (Å²) in [4.78, 5) is 23.8. The van der Waals surface area contributed by atoms with E-state index in [1.54, 1.807) is 18.2 Å². The van der Waals surface area contributed by atoms with Crippen LogP contribution < -0.4 is 10.1 Å². The minimum absolute atomic E-state index is 0.210. The van der Waals surface area contributed by atoms with Gasteiger partial charge in [-0.15, -0.1) is 0 Å². The Kier molecular flexibility index (Phi) is 5.81. The quantitative estimate of drug-likeness (QED) is 0.354. The molecule has 0 aromatic heterocycles. The Balaban J connectivity index is 2.06. The Morgan fingerprint density at radius 3 is 2.46 bits per heavy atom. The van der Waals surface area contributed by atoms with E-state index in [4.69, 9.17) is 18.9 Å². The van der Waals surface area contributed by atoms with Gasteiger partial charge in [0, 0.05) is 26.7 Å². The number of para-hydroxylation sites is 2. The zero-order valence-electron chi connectivity index (χ0n) is 14.0. The van der Waals surface area contributed by atoms with Crippen LogP contribution in [0, 0.1) is 0 Å². The van der Waals surface area contributed by atoms with Gasteiger partial charge in [0.15, 0.2) is 5.57 Å². The molecule has 0 radical (unpaired) electrons. The van der Waals surface area contributed by atoms with E-state index in [-0.39, 0.29) is 5.57 Å². The molecule has 24 heavy (non-hydrogen) atoms. The number of carbonyl (C=O) groups is 2. The maximum Gasteiger partial charge on any atom is 0.350 e. The number of rotatable bonds is 7. The van der Waals surface area contributed by atoms with Gasteiger partial charge < -0.3 is 24.3 Å². The summed E-state index contributed by atoms with van der Waals surface area (Å²) >= 11 is 0. The lowest BCUT2D eigenvalue weighted by atomic mass is 10.2. The van der Waals surface area contributed by atoms with Crippen molar-refractivity contribution in [1.29, 1.82) is 0 Å². The summed E-state index contributed by atoms with van der Waals surface area (Å²) < 4.78 is 20.9. The average molecular weight is 335 g/mol. The molecule has 1 fully saturated rings. The molecular weight excluding hydrogens is 314 g/mol. The van der Waals surface area contributed by atoms with Crippen molar-refractivity contribution >= 4 is 17.6 Å². The molecule has 0 unspecified atom stereocenters. The number of carbonyl (C=O) groups excluding carboxylic acids is 2. The van der Waals surface area contributed by atoms with Gasteiger partial charge >= 0.3 is 11.9 Å². The van der Waals surface area contributed by atoms with Crippen LogP contribution in [0.15, 0.2) is 36.0 Å². The Bertz CT molecular complexity index is 616. The first-order valence-corrected chi connectivity index (χ1v) is 7.66. The average Bonchev–Trinajstić information content (AvgIpc) is 2.51. The zero-order chi connectivity index (χ0) is 17.6.